The second-order valence-corrected chi connectivity index (χ2v) is 5.19. The Morgan fingerprint density at radius 3 is 2.71 bits per heavy atom. The molecule has 2 aromatic rings. The van der Waals surface area contributed by atoms with Crippen LogP contribution in [0.25, 0.3) is 0 Å². The SMILES string of the molecule is Cc1oc(CNC(=O)CCc2cccc([N+](=O)[O-])c2)cc1C(=O)O. The summed E-state index contributed by atoms with van der Waals surface area (Å²) >= 11 is 0. The van der Waals surface area contributed by atoms with Gasteiger partial charge in [0, 0.05) is 18.6 Å². The molecule has 8 nitrogen and oxygen atoms in total. The van der Waals surface area contributed by atoms with Crippen molar-refractivity contribution in [3.63, 3.8) is 0 Å². The zero-order valence-corrected chi connectivity index (χ0v) is 12.9. The normalized spacial score (nSPS) is 10.4. The number of carbonyl (C=O) groups excluding carboxylic acids is 1. The van der Waals surface area contributed by atoms with E-state index < -0.39 is 10.9 Å². The second-order valence-electron chi connectivity index (χ2n) is 5.19. The summed E-state index contributed by atoms with van der Waals surface area (Å²) in [5, 5.41) is 22.3. The molecule has 0 spiro atoms. The molecule has 1 amide bonds. The van der Waals surface area contributed by atoms with Gasteiger partial charge in [0.1, 0.15) is 17.1 Å². The monoisotopic (exact) mass is 332 g/mol. The maximum atomic E-state index is 11.8. The third-order valence-corrected chi connectivity index (χ3v) is 3.42. The highest BCUT2D eigenvalue weighted by Crippen LogP contribution is 2.15. The van der Waals surface area contributed by atoms with Crippen LogP contribution in [0.4, 0.5) is 5.69 Å². The Balaban J connectivity index is 1.85. The Morgan fingerprint density at radius 1 is 1.33 bits per heavy atom. The summed E-state index contributed by atoms with van der Waals surface area (Å²) in [7, 11) is 0. The van der Waals surface area contributed by atoms with Crippen LogP contribution in [0.3, 0.4) is 0 Å². The second kappa shape index (κ2) is 7.40. The third kappa shape index (κ3) is 4.42. The van der Waals surface area contributed by atoms with Crippen LogP contribution in [-0.4, -0.2) is 21.9 Å². The molecule has 0 radical (unpaired) electrons. The number of non-ortho nitro benzene ring substituents is 1. The Bertz CT molecular complexity index is 781. The van der Waals surface area contributed by atoms with Crippen LogP contribution in [0.5, 0.6) is 0 Å². The molecule has 2 N–H and O–H groups in total. The van der Waals surface area contributed by atoms with E-state index in [0.29, 0.717) is 17.7 Å². The standard InChI is InChI=1S/C16H16N2O6/c1-10-14(16(20)21)8-13(24-10)9-17-15(19)6-5-11-3-2-4-12(7-11)18(22)23/h2-4,7-8H,5-6,9H2,1H3,(H,17,19)(H,20,21). The quantitative estimate of drug-likeness (QED) is 0.593. The molecule has 24 heavy (non-hydrogen) atoms. The van der Waals surface area contributed by atoms with Crippen molar-refractivity contribution in [2.45, 2.75) is 26.3 Å². The van der Waals surface area contributed by atoms with E-state index >= 15 is 0 Å². The van der Waals surface area contributed by atoms with Crippen LogP contribution in [0.15, 0.2) is 34.7 Å². The lowest BCUT2D eigenvalue weighted by Gasteiger charge is -2.04. The van der Waals surface area contributed by atoms with Crippen molar-refractivity contribution < 1.29 is 24.0 Å². The minimum absolute atomic E-state index is 0.0137. The summed E-state index contributed by atoms with van der Waals surface area (Å²) in [6.45, 7) is 1.62. The molecule has 0 aliphatic carbocycles. The van der Waals surface area contributed by atoms with Gasteiger partial charge < -0.3 is 14.8 Å². The highest BCUT2D eigenvalue weighted by molar-refractivity contribution is 5.88. The first kappa shape index (κ1) is 17.2. The Kier molecular flexibility index (Phi) is 5.31. The third-order valence-electron chi connectivity index (χ3n) is 3.42. The lowest BCUT2D eigenvalue weighted by Crippen LogP contribution is -2.22. The fourth-order valence-corrected chi connectivity index (χ4v) is 2.20. The molecule has 0 unspecified atom stereocenters. The average Bonchev–Trinajstić information content (AvgIpc) is 2.92. The number of aromatic carboxylic acids is 1. The Morgan fingerprint density at radius 2 is 2.08 bits per heavy atom. The van der Waals surface area contributed by atoms with Gasteiger partial charge in [-0.2, -0.15) is 0 Å². The van der Waals surface area contributed by atoms with E-state index in [0.717, 1.165) is 0 Å². The summed E-state index contributed by atoms with van der Waals surface area (Å²) in [4.78, 5) is 33.0. The van der Waals surface area contributed by atoms with Gasteiger partial charge in [0.2, 0.25) is 5.91 Å². The molecule has 0 saturated heterocycles. The number of nitro groups is 1. The van der Waals surface area contributed by atoms with E-state index in [1.54, 1.807) is 12.1 Å². The van der Waals surface area contributed by atoms with Gasteiger partial charge in [-0.25, -0.2) is 4.79 Å². The topological polar surface area (TPSA) is 123 Å². The van der Waals surface area contributed by atoms with E-state index in [9.17, 15) is 19.7 Å². The molecule has 1 heterocycles. The van der Waals surface area contributed by atoms with Crippen LogP contribution in [-0.2, 0) is 17.8 Å². The van der Waals surface area contributed by atoms with Crippen LogP contribution < -0.4 is 5.32 Å². The minimum Gasteiger partial charge on any atom is -0.478 e. The number of carbonyl (C=O) groups is 2. The zero-order chi connectivity index (χ0) is 17.7. The van der Waals surface area contributed by atoms with Crippen LogP contribution in [0, 0.1) is 17.0 Å². The number of nitrogens with zero attached hydrogens (tertiary/aromatic N) is 1. The predicted octanol–water partition coefficient (Wildman–Crippen LogP) is 2.44. The molecule has 2 rings (SSSR count). The number of carboxylic acids is 1. The fraction of sp³-hybridized carbons (Fsp3) is 0.250. The minimum atomic E-state index is -1.08. The smallest absolute Gasteiger partial charge is 0.339 e. The first-order valence-electron chi connectivity index (χ1n) is 7.19. The number of furan rings is 1. The van der Waals surface area contributed by atoms with Gasteiger partial charge in [-0.3, -0.25) is 14.9 Å². The highest BCUT2D eigenvalue weighted by Gasteiger charge is 2.14. The molecule has 1 aromatic heterocycles. The van der Waals surface area contributed by atoms with E-state index in [2.05, 4.69) is 5.32 Å². The molecule has 126 valence electrons. The lowest BCUT2D eigenvalue weighted by atomic mass is 10.1. The first-order valence-corrected chi connectivity index (χ1v) is 7.19. The van der Waals surface area contributed by atoms with Gasteiger partial charge in [0.15, 0.2) is 0 Å². The summed E-state index contributed by atoms with van der Waals surface area (Å²) in [5.41, 5.74) is 0.748. The Hall–Kier alpha value is -3.16. The summed E-state index contributed by atoms with van der Waals surface area (Å²) in [6, 6.07) is 7.49. The molecule has 0 fully saturated rings. The summed E-state index contributed by atoms with van der Waals surface area (Å²) < 4.78 is 5.26. The maximum absolute atomic E-state index is 11.8. The van der Waals surface area contributed by atoms with E-state index in [1.807, 2.05) is 0 Å². The summed E-state index contributed by atoms with van der Waals surface area (Å²) in [5.74, 6) is -0.705. The van der Waals surface area contributed by atoms with Crippen molar-refractivity contribution in [2.24, 2.45) is 0 Å². The number of amides is 1. The first-order chi connectivity index (χ1) is 11.4. The molecule has 0 atom stereocenters. The van der Waals surface area contributed by atoms with Crippen molar-refractivity contribution in [3.8, 4) is 0 Å². The van der Waals surface area contributed by atoms with Gasteiger partial charge in [-0.05, 0) is 25.0 Å². The number of rotatable bonds is 7. The van der Waals surface area contributed by atoms with E-state index in [4.69, 9.17) is 9.52 Å². The number of carboxylic acid groups (broad SMARTS) is 1. The number of hydrogen-bond acceptors (Lipinski definition) is 5. The molecule has 8 heteroatoms. The summed E-state index contributed by atoms with van der Waals surface area (Å²) in [6.07, 6.45) is 0.526. The molecule has 0 saturated carbocycles. The van der Waals surface area contributed by atoms with Crippen molar-refractivity contribution in [1.29, 1.82) is 0 Å². The van der Waals surface area contributed by atoms with Crippen molar-refractivity contribution in [3.05, 3.63) is 63.1 Å². The van der Waals surface area contributed by atoms with Gasteiger partial charge >= 0.3 is 5.97 Å². The van der Waals surface area contributed by atoms with Crippen LogP contribution in [0.1, 0.15) is 33.9 Å². The fourth-order valence-electron chi connectivity index (χ4n) is 2.20. The van der Waals surface area contributed by atoms with Crippen molar-refractivity contribution in [1.82, 2.24) is 5.32 Å². The van der Waals surface area contributed by atoms with E-state index in [-0.39, 0.29) is 35.9 Å². The van der Waals surface area contributed by atoms with Crippen LogP contribution >= 0.6 is 0 Å². The number of nitro benzene ring substituents is 1. The molecule has 0 bridgehead atoms. The molecular weight excluding hydrogens is 316 g/mol. The molecule has 0 aliphatic rings. The van der Waals surface area contributed by atoms with Crippen molar-refractivity contribution in [2.75, 3.05) is 0 Å². The number of benzene rings is 1. The molecule has 0 aliphatic heterocycles. The zero-order valence-electron chi connectivity index (χ0n) is 12.9. The Labute approximate surface area is 137 Å². The van der Waals surface area contributed by atoms with Gasteiger partial charge in [-0.15, -0.1) is 0 Å². The number of hydrogen-bond donors (Lipinski definition) is 2. The van der Waals surface area contributed by atoms with Gasteiger partial charge in [0.25, 0.3) is 5.69 Å². The lowest BCUT2D eigenvalue weighted by molar-refractivity contribution is -0.384. The number of nitrogens with one attached hydrogen (secondary N) is 1. The van der Waals surface area contributed by atoms with Gasteiger partial charge in [0.05, 0.1) is 11.5 Å². The average molecular weight is 332 g/mol. The van der Waals surface area contributed by atoms with Gasteiger partial charge in [-0.1, -0.05) is 12.1 Å². The molecular formula is C16H16N2O6. The largest absolute Gasteiger partial charge is 0.478 e. The maximum Gasteiger partial charge on any atom is 0.339 e. The van der Waals surface area contributed by atoms with E-state index in [1.165, 1.54) is 25.1 Å². The highest BCUT2D eigenvalue weighted by atomic mass is 16.6. The molecule has 1 aromatic carbocycles. The predicted molar refractivity (Wildman–Crippen MR) is 83.7 cm³/mol. The van der Waals surface area contributed by atoms with Crippen LogP contribution in [0.2, 0.25) is 0 Å². The van der Waals surface area contributed by atoms with Crippen molar-refractivity contribution >= 4 is 17.6 Å². The number of aryl methyl sites for hydroxylation is 2.